The molecule has 1 saturated heterocycles. The van der Waals surface area contributed by atoms with Gasteiger partial charge in [0.1, 0.15) is 0 Å². The van der Waals surface area contributed by atoms with Crippen molar-refractivity contribution in [3.63, 3.8) is 0 Å². The van der Waals surface area contributed by atoms with Gasteiger partial charge in [-0.2, -0.15) is 11.8 Å². The van der Waals surface area contributed by atoms with Gasteiger partial charge in [0.15, 0.2) is 0 Å². The van der Waals surface area contributed by atoms with Crippen LogP contribution in [0.25, 0.3) is 0 Å². The van der Waals surface area contributed by atoms with Crippen molar-refractivity contribution in [2.45, 2.75) is 25.0 Å². The Balaban J connectivity index is 0.00000196. The van der Waals surface area contributed by atoms with Gasteiger partial charge in [-0.3, -0.25) is 4.79 Å². The molecule has 0 spiro atoms. The molecule has 0 aromatic carbocycles. The molecule has 0 aliphatic carbocycles. The molecule has 1 amide bonds. The average molecular weight is 253 g/mol. The van der Waals surface area contributed by atoms with Gasteiger partial charge >= 0.3 is 0 Å². The van der Waals surface area contributed by atoms with E-state index in [4.69, 9.17) is 0 Å². The minimum atomic E-state index is 0. The lowest BCUT2D eigenvalue weighted by atomic mass is 10.1. The maximum atomic E-state index is 11.6. The van der Waals surface area contributed by atoms with Crippen molar-refractivity contribution < 1.29 is 4.79 Å². The van der Waals surface area contributed by atoms with Gasteiger partial charge < -0.3 is 10.6 Å². The van der Waals surface area contributed by atoms with E-state index in [1.807, 2.05) is 0 Å². The van der Waals surface area contributed by atoms with Gasteiger partial charge in [-0.05, 0) is 33.1 Å². The number of amides is 1. The summed E-state index contributed by atoms with van der Waals surface area (Å²) in [5.74, 6) is 0.393. The SMILES string of the molecule is CSC(C)(C)CNC(=O)[C@H]1CCNC1.Cl. The van der Waals surface area contributed by atoms with Crippen LogP contribution in [0.4, 0.5) is 0 Å². The molecule has 1 aliphatic rings. The second kappa shape index (κ2) is 6.61. The number of nitrogens with one attached hydrogen (secondary N) is 2. The number of rotatable bonds is 4. The van der Waals surface area contributed by atoms with Crippen LogP contribution >= 0.6 is 24.2 Å². The molecule has 0 saturated carbocycles. The van der Waals surface area contributed by atoms with Crippen molar-refractivity contribution >= 4 is 30.1 Å². The van der Waals surface area contributed by atoms with E-state index in [-0.39, 0.29) is 29.0 Å². The molecular formula is C10H21ClN2OS. The van der Waals surface area contributed by atoms with E-state index < -0.39 is 0 Å². The second-order valence-corrected chi connectivity index (χ2v) is 5.88. The predicted molar refractivity (Wildman–Crippen MR) is 68.8 cm³/mol. The van der Waals surface area contributed by atoms with Crippen molar-refractivity contribution in [1.82, 2.24) is 10.6 Å². The maximum absolute atomic E-state index is 11.6. The van der Waals surface area contributed by atoms with Crippen LogP contribution in [0.3, 0.4) is 0 Å². The molecule has 0 aromatic heterocycles. The molecule has 1 fully saturated rings. The fourth-order valence-corrected chi connectivity index (χ4v) is 1.61. The summed E-state index contributed by atoms with van der Waals surface area (Å²) in [5.41, 5.74) is 0. The van der Waals surface area contributed by atoms with Crippen molar-refractivity contribution in [2.24, 2.45) is 5.92 Å². The molecule has 1 aliphatic heterocycles. The molecule has 1 heterocycles. The van der Waals surface area contributed by atoms with E-state index >= 15 is 0 Å². The highest BCUT2D eigenvalue weighted by Crippen LogP contribution is 2.19. The standard InChI is InChI=1S/C10H20N2OS.ClH/c1-10(2,14-3)7-12-9(13)8-4-5-11-6-8;/h8,11H,4-7H2,1-3H3,(H,12,13);1H/t8-;/m0./s1. The Hall–Kier alpha value is 0.0700. The van der Waals surface area contributed by atoms with Crippen LogP contribution in [-0.4, -0.2) is 36.5 Å². The van der Waals surface area contributed by atoms with Crippen LogP contribution in [-0.2, 0) is 4.79 Å². The van der Waals surface area contributed by atoms with E-state index in [2.05, 4.69) is 30.7 Å². The van der Waals surface area contributed by atoms with Gasteiger partial charge in [0.2, 0.25) is 5.91 Å². The first-order valence-electron chi connectivity index (χ1n) is 5.09. The van der Waals surface area contributed by atoms with E-state index in [0.717, 1.165) is 26.1 Å². The Kier molecular flexibility index (Phi) is 6.64. The Morgan fingerprint density at radius 3 is 2.73 bits per heavy atom. The number of thioether (sulfide) groups is 1. The zero-order valence-electron chi connectivity index (χ0n) is 9.63. The number of halogens is 1. The van der Waals surface area contributed by atoms with Gasteiger partial charge in [0.05, 0.1) is 5.92 Å². The highest BCUT2D eigenvalue weighted by Gasteiger charge is 2.24. The zero-order valence-corrected chi connectivity index (χ0v) is 11.3. The van der Waals surface area contributed by atoms with Gasteiger partial charge in [0.25, 0.3) is 0 Å². The fourth-order valence-electron chi connectivity index (χ4n) is 1.39. The van der Waals surface area contributed by atoms with Crippen molar-refractivity contribution in [1.29, 1.82) is 0 Å². The summed E-state index contributed by atoms with van der Waals surface area (Å²) < 4.78 is 0.141. The predicted octanol–water partition coefficient (Wildman–Crippen LogP) is 1.28. The molecule has 1 atom stereocenters. The Morgan fingerprint density at radius 2 is 2.27 bits per heavy atom. The minimum Gasteiger partial charge on any atom is -0.354 e. The first kappa shape index (κ1) is 15.1. The second-order valence-electron chi connectivity index (χ2n) is 4.37. The third kappa shape index (κ3) is 5.09. The van der Waals surface area contributed by atoms with Crippen LogP contribution in [0.5, 0.6) is 0 Å². The topological polar surface area (TPSA) is 41.1 Å². The average Bonchev–Trinajstić information content (AvgIpc) is 2.67. The molecule has 1 rings (SSSR count). The first-order valence-corrected chi connectivity index (χ1v) is 6.31. The molecule has 90 valence electrons. The summed E-state index contributed by atoms with van der Waals surface area (Å²) in [6, 6.07) is 0. The lowest BCUT2D eigenvalue weighted by Gasteiger charge is -2.23. The van der Waals surface area contributed by atoms with Crippen LogP contribution in [0, 0.1) is 5.92 Å². The van der Waals surface area contributed by atoms with Crippen LogP contribution < -0.4 is 10.6 Å². The number of hydrogen-bond acceptors (Lipinski definition) is 3. The molecule has 0 unspecified atom stereocenters. The molecule has 3 nitrogen and oxygen atoms in total. The van der Waals surface area contributed by atoms with Gasteiger partial charge in [-0.1, -0.05) is 0 Å². The molecule has 2 N–H and O–H groups in total. The third-order valence-corrected chi connectivity index (χ3v) is 3.92. The van der Waals surface area contributed by atoms with Crippen molar-refractivity contribution in [3.05, 3.63) is 0 Å². The van der Waals surface area contributed by atoms with Crippen molar-refractivity contribution in [3.8, 4) is 0 Å². The molecule has 0 aromatic rings. The van der Waals surface area contributed by atoms with E-state index in [1.165, 1.54) is 0 Å². The summed E-state index contributed by atoms with van der Waals surface area (Å²) in [5, 5.41) is 6.21. The zero-order chi connectivity index (χ0) is 10.6. The van der Waals surface area contributed by atoms with Crippen LogP contribution in [0.1, 0.15) is 20.3 Å². The summed E-state index contributed by atoms with van der Waals surface area (Å²) in [6.07, 6.45) is 3.05. The summed E-state index contributed by atoms with van der Waals surface area (Å²) in [7, 11) is 0. The number of hydrogen-bond donors (Lipinski definition) is 2. The van der Waals surface area contributed by atoms with Crippen molar-refractivity contribution in [2.75, 3.05) is 25.9 Å². The smallest absolute Gasteiger partial charge is 0.224 e. The Morgan fingerprint density at radius 1 is 1.60 bits per heavy atom. The third-order valence-electron chi connectivity index (χ3n) is 2.67. The largest absolute Gasteiger partial charge is 0.354 e. The van der Waals surface area contributed by atoms with Crippen LogP contribution in [0.2, 0.25) is 0 Å². The number of carbonyl (C=O) groups is 1. The summed E-state index contributed by atoms with van der Waals surface area (Å²) >= 11 is 1.78. The van der Waals surface area contributed by atoms with Gasteiger partial charge in [-0.15, -0.1) is 12.4 Å². The highest BCUT2D eigenvalue weighted by molar-refractivity contribution is 7.99. The number of carbonyl (C=O) groups excluding carboxylic acids is 1. The summed E-state index contributed by atoms with van der Waals surface area (Å²) in [4.78, 5) is 11.6. The lowest BCUT2D eigenvalue weighted by Crippen LogP contribution is -2.39. The Labute approximate surface area is 103 Å². The first-order chi connectivity index (χ1) is 6.55. The molecule has 15 heavy (non-hydrogen) atoms. The van der Waals surface area contributed by atoms with Gasteiger partial charge in [0, 0.05) is 17.8 Å². The van der Waals surface area contributed by atoms with E-state index in [1.54, 1.807) is 11.8 Å². The molecule has 0 bridgehead atoms. The molecule has 5 heteroatoms. The van der Waals surface area contributed by atoms with Gasteiger partial charge in [-0.25, -0.2) is 0 Å². The Bertz CT molecular complexity index is 206. The summed E-state index contributed by atoms with van der Waals surface area (Å²) in [6.45, 7) is 6.86. The van der Waals surface area contributed by atoms with Crippen LogP contribution in [0.15, 0.2) is 0 Å². The fraction of sp³-hybridized carbons (Fsp3) is 0.900. The lowest BCUT2D eigenvalue weighted by molar-refractivity contribution is -0.124. The normalized spacial score (nSPS) is 20.9. The monoisotopic (exact) mass is 252 g/mol. The maximum Gasteiger partial charge on any atom is 0.224 e. The minimum absolute atomic E-state index is 0. The highest BCUT2D eigenvalue weighted by atomic mass is 35.5. The molecule has 0 radical (unpaired) electrons. The van der Waals surface area contributed by atoms with E-state index in [0.29, 0.717) is 0 Å². The quantitative estimate of drug-likeness (QED) is 0.792. The van der Waals surface area contributed by atoms with E-state index in [9.17, 15) is 4.79 Å². The molecular weight excluding hydrogens is 232 g/mol.